The normalized spacial score (nSPS) is 29.9. The van der Waals surface area contributed by atoms with Gasteiger partial charge in [0.05, 0.1) is 11.6 Å². The van der Waals surface area contributed by atoms with Crippen molar-refractivity contribution in [1.82, 2.24) is 14.7 Å². The van der Waals surface area contributed by atoms with Crippen LogP contribution in [0.2, 0.25) is 0 Å². The molecule has 4 rings (SSSR count). The van der Waals surface area contributed by atoms with Crippen molar-refractivity contribution < 1.29 is 5.11 Å². The SMILES string of the molecule is CC(C)CN1CC2(CN(CCc3ccccc3)C[C@H]3C[C@@H](O)CN32)C1. The second kappa shape index (κ2) is 6.99. The third-order valence-electron chi connectivity index (χ3n) is 6.21. The van der Waals surface area contributed by atoms with Gasteiger partial charge in [-0.2, -0.15) is 0 Å². The first kappa shape index (κ1) is 17.5. The monoisotopic (exact) mass is 343 g/mol. The highest BCUT2D eigenvalue weighted by Crippen LogP contribution is 2.39. The van der Waals surface area contributed by atoms with Crippen molar-refractivity contribution >= 4 is 0 Å². The summed E-state index contributed by atoms with van der Waals surface area (Å²) in [6.45, 7) is 12.5. The van der Waals surface area contributed by atoms with Crippen LogP contribution in [-0.4, -0.2) is 83.3 Å². The third-order valence-corrected chi connectivity index (χ3v) is 6.21. The summed E-state index contributed by atoms with van der Waals surface area (Å²) in [4.78, 5) is 7.93. The van der Waals surface area contributed by atoms with Crippen LogP contribution < -0.4 is 0 Å². The summed E-state index contributed by atoms with van der Waals surface area (Å²) < 4.78 is 0. The molecule has 3 saturated heterocycles. The summed E-state index contributed by atoms with van der Waals surface area (Å²) in [5.41, 5.74) is 1.71. The second-order valence-electron chi connectivity index (χ2n) is 8.95. The van der Waals surface area contributed by atoms with Gasteiger partial charge in [0.1, 0.15) is 0 Å². The minimum atomic E-state index is -0.130. The molecule has 3 aliphatic heterocycles. The zero-order chi connectivity index (χ0) is 17.4. The Hall–Kier alpha value is -0.940. The highest BCUT2D eigenvalue weighted by molar-refractivity contribution is 5.16. The molecule has 25 heavy (non-hydrogen) atoms. The number of aliphatic hydroxyl groups excluding tert-OH is 1. The van der Waals surface area contributed by atoms with E-state index in [4.69, 9.17) is 0 Å². The smallest absolute Gasteiger partial charge is 0.0682 e. The molecule has 0 unspecified atom stereocenters. The van der Waals surface area contributed by atoms with Crippen LogP contribution in [0.25, 0.3) is 0 Å². The van der Waals surface area contributed by atoms with Crippen LogP contribution in [0, 0.1) is 5.92 Å². The first-order valence-corrected chi connectivity index (χ1v) is 9.97. The first-order chi connectivity index (χ1) is 12.0. The molecule has 3 aliphatic rings. The standard InChI is InChI=1S/C21H33N3O/c1-17(2)11-23-15-21(16-23)14-22(9-8-18-6-4-3-5-7-18)12-19-10-20(25)13-24(19)21/h3-7,17,19-20,25H,8-16H2,1-2H3/t19-,20-/m1/s1. The van der Waals surface area contributed by atoms with E-state index in [9.17, 15) is 5.11 Å². The fourth-order valence-electron chi connectivity index (χ4n) is 5.33. The Balaban J connectivity index is 1.41. The lowest BCUT2D eigenvalue weighted by Gasteiger charge is -2.61. The molecule has 0 aliphatic carbocycles. The maximum Gasteiger partial charge on any atom is 0.0682 e. The van der Waals surface area contributed by atoms with Crippen LogP contribution in [-0.2, 0) is 6.42 Å². The van der Waals surface area contributed by atoms with E-state index in [1.54, 1.807) is 0 Å². The molecule has 3 fully saturated rings. The van der Waals surface area contributed by atoms with Crippen molar-refractivity contribution in [1.29, 1.82) is 0 Å². The molecule has 1 spiro atoms. The summed E-state index contributed by atoms with van der Waals surface area (Å²) >= 11 is 0. The van der Waals surface area contributed by atoms with E-state index in [2.05, 4.69) is 58.9 Å². The Bertz CT molecular complexity index is 570. The van der Waals surface area contributed by atoms with Crippen LogP contribution in [0.5, 0.6) is 0 Å². The van der Waals surface area contributed by atoms with Crippen molar-refractivity contribution in [3.63, 3.8) is 0 Å². The molecule has 3 heterocycles. The maximum atomic E-state index is 10.2. The van der Waals surface area contributed by atoms with Gasteiger partial charge >= 0.3 is 0 Å². The highest BCUT2D eigenvalue weighted by atomic mass is 16.3. The van der Waals surface area contributed by atoms with E-state index in [0.717, 1.165) is 44.9 Å². The summed E-state index contributed by atoms with van der Waals surface area (Å²) in [6.07, 6.45) is 1.95. The average Bonchev–Trinajstić information content (AvgIpc) is 2.93. The molecule has 0 saturated carbocycles. The van der Waals surface area contributed by atoms with E-state index in [1.165, 1.54) is 25.2 Å². The summed E-state index contributed by atoms with van der Waals surface area (Å²) in [7, 11) is 0. The third kappa shape index (κ3) is 3.63. The predicted molar refractivity (Wildman–Crippen MR) is 102 cm³/mol. The summed E-state index contributed by atoms with van der Waals surface area (Å²) in [5, 5.41) is 10.2. The fraction of sp³-hybridized carbons (Fsp3) is 0.714. The second-order valence-corrected chi connectivity index (χ2v) is 8.95. The van der Waals surface area contributed by atoms with Gasteiger partial charge in [-0.15, -0.1) is 0 Å². The molecule has 1 N–H and O–H groups in total. The van der Waals surface area contributed by atoms with Crippen molar-refractivity contribution in [2.24, 2.45) is 5.92 Å². The molecule has 1 aromatic rings. The number of nitrogens with zero attached hydrogens (tertiary/aromatic N) is 3. The van der Waals surface area contributed by atoms with Gasteiger partial charge < -0.3 is 5.11 Å². The summed E-state index contributed by atoms with van der Waals surface area (Å²) in [6, 6.07) is 11.4. The molecule has 138 valence electrons. The van der Waals surface area contributed by atoms with Gasteiger partial charge in [0.15, 0.2) is 0 Å². The van der Waals surface area contributed by atoms with Crippen LogP contribution in [0.3, 0.4) is 0 Å². The molecule has 0 bridgehead atoms. The lowest BCUT2D eigenvalue weighted by Crippen LogP contribution is -2.78. The molecule has 2 atom stereocenters. The number of aliphatic hydroxyl groups is 1. The van der Waals surface area contributed by atoms with Gasteiger partial charge in [0.25, 0.3) is 0 Å². The van der Waals surface area contributed by atoms with E-state index in [-0.39, 0.29) is 11.6 Å². The number of rotatable bonds is 5. The Kier molecular flexibility index (Phi) is 4.89. The largest absolute Gasteiger partial charge is 0.392 e. The van der Waals surface area contributed by atoms with Gasteiger partial charge in [0.2, 0.25) is 0 Å². The minimum Gasteiger partial charge on any atom is -0.392 e. The van der Waals surface area contributed by atoms with E-state index < -0.39 is 0 Å². The predicted octanol–water partition coefficient (Wildman–Crippen LogP) is 1.69. The van der Waals surface area contributed by atoms with Crippen LogP contribution in [0.1, 0.15) is 25.8 Å². The van der Waals surface area contributed by atoms with Gasteiger partial charge in [-0.25, -0.2) is 0 Å². The highest BCUT2D eigenvalue weighted by Gasteiger charge is 2.55. The van der Waals surface area contributed by atoms with Crippen LogP contribution >= 0.6 is 0 Å². The lowest BCUT2D eigenvalue weighted by atomic mass is 9.83. The molecule has 0 aromatic heterocycles. The zero-order valence-corrected chi connectivity index (χ0v) is 15.8. The van der Waals surface area contributed by atoms with Crippen LogP contribution in [0.4, 0.5) is 0 Å². The summed E-state index contributed by atoms with van der Waals surface area (Å²) in [5.74, 6) is 0.732. The maximum absolute atomic E-state index is 10.2. The molecule has 0 amide bonds. The fourth-order valence-corrected chi connectivity index (χ4v) is 5.33. The number of β-amino-alcohol motifs (C(OH)–C–C–N with tert-alkyl or cyclic N) is 1. The lowest BCUT2D eigenvalue weighted by molar-refractivity contribution is -0.115. The molecular weight excluding hydrogens is 310 g/mol. The van der Waals surface area contributed by atoms with E-state index in [0.29, 0.717) is 6.04 Å². The average molecular weight is 344 g/mol. The topological polar surface area (TPSA) is 30.0 Å². The zero-order valence-electron chi connectivity index (χ0n) is 15.8. The minimum absolute atomic E-state index is 0.130. The number of likely N-dealkylation sites (tertiary alicyclic amines) is 1. The molecule has 4 nitrogen and oxygen atoms in total. The Morgan fingerprint density at radius 3 is 2.52 bits per heavy atom. The quantitative estimate of drug-likeness (QED) is 0.881. The number of hydrogen-bond acceptors (Lipinski definition) is 4. The number of piperazine rings is 1. The Morgan fingerprint density at radius 2 is 1.80 bits per heavy atom. The Morgan fingerprint density at radius 1 is 1.08 bits per heavy atom. The van der Waals surface area contributed by atoms with Gasteiger partial charge in [-0.05, 0) is 24.3 Å². The molecule has 0 radical (unpaired) electrons. The van der Waals surface area contributed by atoms with E-state index in [1.807, 2.05) is 0 Å². The Labute approximate surface area is 152 Å². The molecule has 4 heteroatoms. The van der Waals surface area contributed by atoms with Crippen molar-refractivity contribution in [3.05, 3.63) is 35.9 Å². The van der Waals surface area contributed by atoms with E-state index >= 15 is 0 Å². The van der Waals surface area contributed by atoms with Crippen molar-refractivity contribution in [2.75, 3.05) is 45.8 Å². The number of fused-ring (bicyclic) bond motifs is 2. The molecular formula is C21H33N3O. The van der Waals surface area contributed by atoms with Gasteiger partial charge in [-0.3, -0.25) is 14.7 Å². The number of benzene rings is 1. The first-order valence-electron chi connectivity index (χ1n) is 9.97. The van der Waals surface area contributed by atoms with Gasteiger partial charge in [0, 0.05) is 51.9 Å². The van der Waals surface area contributed by atoms with Crippen molar-refractivity contribution in [3.8, 4) is 0 Å². The van der Waals surface area contributed by atoms with Gasteiger partial charge in [-0.1, -0.05) is 44.2 Å². The van der Waals surface area contributed by atoms with Crippen LogP contribution in [0.15, 0.2) is 30.3 Å². The number of hydrogen-bond donors (Lipinski definition) is 1. The molecule has 1 aromatic carbocycles. The van der Waals surface area contributed by atoms with Crippen molar-refractivity contribution in [2.45, 2.75) is 44.4 Å².